The number of amides is 3. The van der Waals surface area contributed by atoms with Gasteiger partial charge in [-0.2, -0.15) is 4.58 Å². The van der Waals surface area contributed by atoms with Crippen LogP contribution < -0.4 is 20.9 Å². The highest BCUT2D eigenvalue weighted by molar-refractivity contribution is 6.03. The van der Waals surface area contributed by atoms with Gasteiger partial charge in [-0.05, 0) is 63.7 Å². The minimum atomic E-state index is -1.49. The molecule has 0 aliphatic carbocycles. The Morgan fingerprint density at radius 3 is 2.02 bits per heavy atom. The zero-order valence-corrected chi connectivity index (χ0v) is 34.8. The molecule has 0 radical (unpaired) electrons. The van der Waals surface area contributed by atoms with E-state index in [1.54, 1.807) is 0 Å². The van der Waals surface area contributed by atoms with Crippen LogP contribution in [-0.4, -0.2) is 86.7 Å². The van der Waals surface area contributed by atoms with E-state index >= 15 is 0 Å². The first-order valence-corrected chi connectivity index (χ1v) is 20.6. The number of nitrogens with one attached hydrogen (secondary N) is 3. The fourth-order valence-electron chi connectivity index (χ4n) is 8.05. The molecule has 0 aromatic heterocycles. The van der Waals surface area contributed by atoms with Crippen molar-refractivity contribution in [3.05, 3.63) is 83.6 Å². The van der Waals surface area contributed by atoms with Gasteiger partial charge in [0.05, 0.1) is 5.41 Å². The summed E-state index contributed by atoms with van der Waals surface area (Å²) in [6, 6.07) is 12.5. The van der Waals surface area contributed by atoms with Crippen LogP contribution in [0, 0.1) is 0 Å². The van der Waals surface area contributed by atoms with E-state index in [0.717, 1.165) is 49.2 Å². The molecule has 2 aliphatic rings. The second kappa shape index (κ2) is 20.3. The summed E-state index contributed by atoms with van der Waals surface area (Å²) < 4.78 is 2.45. The molecule has 0 fully saturated rings. The molecule has 314 valence electrons. The molecule has 6 N–H and O–H groups in total. The van der Waals surface area contributed by atoms with Crippen LogP contribution >= 0.6 is 0 Å². The summed E-state index contributed by atoms with van der Waals surface area (Å²) in [6.07, 6.45) is 11.1. The number of fused-ring (bicyclic) bond motifs is 2. The number of carboxylic acid groups (broad SMARTS) is 3. The van der Waals surface area contributed by atoms with Gasteiger partial charge in [0.15, 0.2) is 5.71 Å². The number of urea groups is 1. The Morgan fingerprint density at radius 2 is 1.38 bits per heavy atom. The summed E-state index contributed by atoms with van der Waals surface area (Å²) in [7, 11) is 0. The monoisotopic (exact) mass is 800 g/mol. The van der Waals surface area contributed by atoms with Crippen molar-refractivity contribution in [2.75, 3.05) is 18.0 Å². The van der Waals surface area contributed by atoms with Crippen LogP contribution in [0.25, 0.3) is 0 Å². The second-order valence-corrected chi connectivity index (χ2v) is 16.2. The molecule has 2 aliphatic heterocycles. The van der Waals surface area contributed by atoms with Crippen molar-refractivity contribution in [1.82, 2.24) is 16.0 Å². The summed E-state index contributed by atoms with van der Waals surface area (Å²) in [5, 5.41) is 35.4. The number of carbonyl (C=O) groups is 5. The molecule has 58 heavy (non-hydrogen) atoms. The largest absolute Gasteiger partial charge is 0.481 e. The van der Waals surface area contributed by atoms with Crippen molar-refractivity contribution < 1.29 is 43.9 Å². The molecule has 2 aromatic rings. The predicted molar refractivity (Wildman–Crippen MR) is 225 cm³/mol. The third-order valence-corrected chi connectivity index (χ3v) is 11.3. The van der Waals surface area contributed by atoms with Gasteiger partial charge in [0.1, 0.15) is 24.7 Å². The van der Waals surface area contributed by atoms with Crippen LogP contribution in [0.5, 0.6) is 0 Å². The third-order valence-electron chi connectivity index (χ3n) is 11.3. The number of allylic oxidation sites excluding steroid dienone is 4. The lowest BCUT2D eigenvalue weighted by Gasteiger charge is -2.33. The number of anilines is 1. The van der Waals surface area contributed by atoms with E-state index in [9.17, 15) is 34.2 Å². The lowest BCUT2D eigenvalue weighted by molar-refractivity contribution is -0.438. The molecule has 0 saturated carbocycles. The maximum Gasteiger partial charge on any atom is 0.326 e. The van der Waals surface area contributed by atoms with Gasteiger partial charge in [-0.15, -0.1) is 0 Å². The summed E-state index contributed by atoms with van der Waals surface area (Å²) in [5.41, 5.74) is 6.38. The van der Waals surface area contributed by atoms with Gasteiger partial charge >= 0.3 is 23.9 Å². The van der Waals surface area contributed by atoms with E-state index in [4.69, 9.17) is 5.11 Å². The van der Waals surface area contributed by atoms with Crippen LogP contribution in [0.2, 0.25) is 0 Å². The molecule has 0 bridgehead atoms. The Kier molecular flexibility index (Phi) is 15.8. The summed E-state index contributed by atoms with van der Waals surface area (Å²) >= 11 is 0. The highest BCUT2D eigenvalue weighted by Gasteiger charge is 2.45. The van der Waals surface area contributed by atoms with Crippen molar-refractivity contribution in [3.8, 4) is 0 Å². The van der Waals surface area contributed by atoms with Crippen molar-refractivity contribution >= 4 is 46.9 Å². The van der Waals surface area contributed by atoms with Gasteiger partial charge in [0.25, 0.3) is 0 Å². The van der Waals surface area contributed by atoms with E-state index in [2.05, 4.69) is 122 Å². The van der Waals surface area contributed by atoms with Crippen molar-refractivity contribution in [3.63, 3.8) is 0 Å². The van der Waals surface area contributed by atoms with Crippen molar-refractivity contribution in [2.24, 2.45) is 0 Å². The fourth-order valence-corrected chi connectivity index (χ4v) is 8.05. The Hall–Kier alpha value is -5.46. The number of rotatable bonds is 22. The number of para-hydroxylation sites is 2. The Morgan fingerprint density at radius 1 is 0.759 bits per heavy atom. The minimum absolute atomic E-state index is 0.0361. The van der Waals surface area contributed by atoms with E-state index in [0.29, 0.717) is 19.3 Å². The van der Waals surface area contributed by atoms with Gasteiger partial charge in [-0.1, -0.05) is 89.4 Å². The standard InChI is InChI=1S/C45H61N5O8/c1-7-9-21-36(40(53)46-28-16-15-20-32(41(54)55)47-43(58)48-33(42(56)57)26-27-39(51)52)50-35-23-14-12-19-31(35)45(5,6)38(50)25-17-24-37-44(3,4)30-18-11-13-22-34(30)49(37)29-10-8-2/h11-14,17-19,22-25,32-33,36H,7-10,15-16,20-21,26-29H2,1-6H3,(H5-,46,47,48,51,52,53,54,55,56,57,58)/p+1. The van der Waals surface area contributed by atoms with Gasteiger partial charge in [0.2, 0.25) is 11.6 Å². The number of carbonyl (C=O) groups excluding carboxylic acids is 2. The molecular weight excluding hydrogens is 739 g/mol. The quantitative estimate of drug-likeness (QED) is 0.0538. The first-order chi connectivity index (χ1) is 27.6. The molecule has 0 spiro atoms. The lowest BCUT2D eigenvalue weighted by Crippen LogP contribution is -2.51. The average molecular weight is 801 g/mol. The number of nitrogens with zero attached hydrogens (tertiary/aromatic N) is 2. The molecule has 3 amide bonds. The normalized spacial score (nSPS) is 17.4. The number of aliphatic carboxylic acids is 3. The first kappa shape index (κ1) is 45.2. The zero-order valence-electron chi connectivity index (χ0n) is 34.8. The SMILES string of the molecule is CCCCC(C(=O)NCCCCC(NC(=O)NC(CCC(=O)O)C(=O)O)C(=O)O)N1/C(=C\C=C\C2=[N+](CCCC)c3ccccc3C2(C)C)C(C)(C)c2ccccc21. The molecular formula is C45H62N5O8+. The summed E-state index contributed by atoms with van der Waals surface area (Å²) in [5.74, 6) is -4.07. The Balaban J connectivity index is 1.51. The average Bonchev–Trinajstić information content (AvgIpc) is 3.53. The molecule has 3 unspecified atom stereocenters. The highest BCUT2D eigenvalue weighted by Crippen LogP contribution is 2.49. The maximum atomic E-state index is 14.2. The maximum absolute atomic E-state index is 14.2. The number of hydrogen-bond acceptors (Lipinski definition) is 6. The molecule has 13 heteroatoms. The second-order valence-electron chi connectivity index (χ2n) is 16.2. The number of carboxylic acids is 3. The molecule has 2 heterocycles. The summed E-state index contributed by atoms with van der Waals surface area (Å²) in [6.45, 7) is 14.5. The van der Waals surface area contributed by atoms with Crippen molar-refractivity contribution in [2.45, 2.75) is 135 Å². The highest BCUT2D eigenvalue weighted by atomic mass is 16.4. The van der Waals surface area contributed by atoms with Gasteiger partial charge in [0, 0.05) is 53.9 Å². The Labute approximate surface area is 342 Å². The molecule has 3 atom stereocenters. The number of benzene rings is 2. The van der Waals surface area contributed by atoms with Crippen LogP contribution in [0.15, 0.2) is 72.5 Å². The van der Waals surface area contributed by atoms with Crippen LogP contribution in [-0.2, 0) is 30.0 Å². The lowest BCUT2D eigenvalue weighted by atomic mass is 9.81. The van der Waals surface area contributed by atoms with E-state index in [1.807, 2.05) is 12.1 Å². The third kappa shape index (κ3) is 10.7. The van der Waals surface area contributed by atoms with Crippen LogP contribution in [0.3, 0.4) is 0 Å². The molecule has 2 aromatic carbocycles. The van der Waals surface area contributed by atoms with Crippen LogP contribution in [0.4, 0.5) is 16.2 Å². The van der Waals surface area contributed by atoms with E-state index in [1.165, 1.54) is 17.0 Å². The molecule has 13 nitrogen and oxygen atoms in total. The summed E-state index contributed by atoms with van der Waals surface area (Å²) in [4.78, 5) is 63.1. The topological polar surface area (TPSA) is 188 Å². The van der Waals surface area contributed by atoms with Gasteiger partial charge in [-0.3, -0.25) is 9.59 Å². The van der Waals surface area contributed by atoms with E-state index < -0.39 is 53.9 Å². The first-order valence-electron chi connectivity index (χ1n) is 20.6. The molecule has 0 saturated heterocycles. The van der Waals surface area contributed by atoms with Gasteiger partial charge < -0.3 is 36.2 Å². The fraction of sp³-hybridized carbons (Fsp3) is 0.511. The van der Waals surface area contributed by atoms with Crippen molar-refractivity contribution in [1.29, 1.82) is 0 Å². The number of unbranched alkanes of at least 4 members (excludes halogenated alkanes) is 3. The predicted octanol–water partition coefficient (Wildman–Crippen LogP) is 7.02. The zero-order chi connectivity index (χ0) is 42.6. The number of hydrogen-bond donors (Lipinski definition) is 6. The minimum Gasteiger partial charge on any atom is -0.481 e. The molecule has 4 rings (SSSR count). The van der Waals surface area contributed by atoms with E-state index in [-0.39, 0.29) is 30.7 Å². The van der Waals surface area contributed by atoms with Crippen LogP contribution in [0.1, 0.15) is 117 Å². The van der Waals surface area contributed by atoms with Gasteiger partial charge in [-0.25, -0.2) is 14.4 Å². The Bertz CT molecular complexity index is 1920. The smallest absolute Gasteiger partial charge is 0.326 e.